The molecule has 1 aromatic heterocycles. The van der Waals surface area contributed by atoms with Crippen LogP contribution in [0.2, 0.25) is 0 Å². The molecule has 0 bridgehead atoms. The Morgan fingerprint density at radius 2 is 2.33 bits per heavy atom. The predicted molar refractivity (Wildman–Crippen MR) is 72.5 cm³/mol. The maximum absolute atomic E-state index is 6.47. The van der Waals surface area contributed by atoms with Crippen LogP contribution in [0.5, 0.6) is 5.75 Å². The number of ether oxygens (including phenoxy) is 1. The van der Waals surface area contributed by atoms with E-state index in [2.05, 4.69) is 18.9 Å². The maximum atomic E-state index is 6.47. The van der Waals surface area contributed by atoms with Crippen LogP contribution >= 0.6 is 0 Å². The third-order valence-electron chi connectivity index (χ3n) is 4.06. The van der Waals surface area contributed by atoms with Crippen LogP contribution < -0.4 is 10.5 Å². The van der Waals surface area contributed by atoms with E-state index in [0.717, 1.165) is 30.3 Å². The van der Waals surface area contributed by atoms with Crippen molar-refractivity contribution in [3.05, 3.63) is 11.9 Å². The van der Waals surface area contributed by atoms with Gasteiger partial charge < -0.3 is 10.5 Å². The van der Waals surface area contributed by atoms with Crippen molar-refractivity contribution >= 4 is 0 Å². The van der Waals surface area contributed by atoms with Crippen LogP contribution in [0.3, 0.4) is 0 Å². The van der Waals surface area contributed by atoms with Crippen molar-refractivity contribution in [2.24, 2.45) is 17.6 Å². The Balaban J connectivity index is 2.21. The van der Waals surface area contributed by atoms with Crippen LogP contribution in [0.25, 0.3) is 0 Å². The van der Waals surface area contributed by atoms with E-state index >= 15 is 0 Å². The summed E-state index contributed by atoms with van der Waals surface area (Å²) in [6.07, 6.45) is 6.60. The first kappa shape index (κ1) is 13.4. The van der Waals surface area contributed by atoms with Crippen molar-refractivity contribution in [3.8, 4) is 5.75 Å². The zero-order valence-corrected chi connectivity index (χ0v) is 11.7. The van der Waals surface area contributed by atoms with E-state index in [1.54, 1.807) is 13.3 Å². The molecule has 0 saturated heterocycles. The standard InChI is InChI=1S/C14H25N3O/c1-4-7-17-14(12(18-3)9-16-17)13(15)11-6-5-10(2)8-11/h9-11,13H,4-8,15H2,1-3H3. The molecular formula is C14H25N3O. The molecule has 0 aliphatic heterocycles. The highest BCUT2D eigenvalue weighted by molar-refractivity contribution is 5.28. The second-order valence-corrected chi connectivity index (χ2v) is 5.53. The summed E-state index contributed by atoms with van der Waals surface area (Å²) in [4.78, 5) is 0. The molecule has 2 rings (SSSR count). The van der Waals surface area contributed by atoms with Crippen molar-refractivity contribution in [1.82, 2.24) is 9.78 Å². The van der Waals surface area contributed by atoms with E-state index in [0.29, 0.717) is 5.92 Å². The summed E-state index contributed by atoms with van der Waals surface area (Å²) < 4.78 is 7.44. The van der Waals surface area contributed by atoms with Gasteiger partial charge in [0.05, 0.1) is 25.0 Å². The summed E-state index contributed by atoms with van der Waals surface area (Å²) in [5, 5.41) is 4.40. The Labute approximate surface area is 110 Å². The molecule has 4 nitrogen and oxygen atoms in total. The monoisotopic (exact) mass is 251 g/mol. The molecule has 0 amide bonds. The van der Waals surface area contributed by atoms with Gasteiger partial charge in [-0.15, -0.1) is 0 Å². The lowest BCUT2D eigenvalue weighted by Gasteiger charge is -2.21. The van der Waals surface area contributed by atoms with E-state index in [-0.39, 0.29) is 6.04 Å². The number of methoxy groups -OCH3 is 1. The molecule has 3 atom stereocenters. The predicted octanol–water partition coefficient (Wildman–Crippen LogP) is 2.74. The molecule has 0 spiro atoms. The third-order valence-corrected chi connectivity index (χ3v) is 4.06. The number of hydrogen-bond donors (Lipinski definition) is 1. The van der Waals surface area contributed by atoms with Crippen LogP contribution in [0.15, 0.2) is 6.20 Å². The minimum atomic E-state index is 0.0546. The molecule has 0 aromatic carbocycles. The van der Waals surface area contributed by atoms with Gasteiger partial charge in [-0.05, 0) is 31.1 Å². The molecule has 1 saturated carbocycles. The molecule has 1 aliphatic rings. The molecule has 1 aliphatic carbocycles. The average Bonchev–Trinajstić information content (AvgIpc) is 2.95. The maximum Gasteiger partial charge on any atom is 0.161 e. The third kappa shape index (κ3) is 2.53. The first-order chi connectivity index (χ1) is 8.67. The van der Waals surface area contributed by atoms with E-state index in [4.69, 9.17) is 10.5 Å². The van der Waals surface area contributed by atoms with E-state index in [1.807, 2.05) is 4.68 Å². The number of aromatic nitrogens is 2. The topological polar surface area (TPSA) is 53.1 Å². The molecule has 1 fully saturated rings. The fraction of sp³-hybridized carbons (Fsp3) is 0.786. The Morgan fingerprint density at radius 1 is 1.56 bits per heavy atom. The molecule has 2 N–H and O–H groups in total. The van der Waals surface area contributed by atoms with Gasteiger partial charge in [0.25, 0.3) is 0 Å². The highest BCUT2D eigenvalue weighted by Crippen LogP contribution is 2.40. The van der Waals surface area contributed by atoms with Crippen LogP contribution in [0.4, 0.5) is 0 Å². The normalized spacial score (nSPS) is 25.3. The Morgan fingerprint density at radius 3 is 2.89 bits per heavy atom. The molecule has 0 radical (unpaired) electrons. The van der Waals surface area contributed by atoms with Gasteiger partial charge in [-0.2, -0.15) is 5.10 Å². The average molecular weight is 251 g/mol. The zero-order chi connectivity index (χ0) is 13.1. The van der Waals surface area contributed by atoms with Crippen LogP contribution in [0.1, 0.15) is 51.3 Å². The molecule has 102 valence electrons. The van der Waals surface area contributed by atoms with Crippen LogP contribution in [0, 0.1) is 11.8 Å². The van der Waals surface area contributed by atoms with E-state index in [1.165, 1.54) is 19.3 Å². The minimum Gasteiger partial charge on any atom is -0.493 e. The van der Waals surface area contributed by atoms with E-state index in [9.17, 15) is 0 Å². The van der Waals surface area contributed by atoms with Gasteiger partial charge >= 0.3 is 0 Å². The second kappa shape index (κ2) is 5.74. The number of rotatable bonds is 5. The van der Waals surface area contributed by atoms with Crippen molar-refractivity contribution in [1.29, 1.82) is 0 Å². The smallest absolute Gasteiger partial charge is 0.161 e. The number of hydrogen-bond acceptors (Lipinski definition) is 3. The van der Waals surface area contributed by atoms with Crippen molar-refractivity contribution < 1.29 is 4.74 Å². The Kier molecular flexibility index (Phi) is 4.27. The van der Waals surface area contributed by atoms with Crippen molar-refractivity contribution in [2.75, 3.05) is 7.11 Å². The highest BCUT2D eigenvalue weighted by atomic mass is 16.5. The lowest BCUT2D eigenvalue weighted by Crippen LogP contribution is -2.24. The highest BCUT2D eigenvalue weighted by Gasteiger charge is 2.31. The van der Waals surface area contributed by atoms with Crippen molar-refractivity contribution in [2.45, 2.75) is 52.1 Å². The van der Waals surface area contributed by atoms with Gasteiger partial charge in [-0.1, -0.05) is 20.3 Å². The fourth-order valence-electron chi connectivity index (χ4n) is 3.06. The summed E-state index contributed by atoms with van der Waals surface area (Å²) in [7, 11) is 1.70. The summed E-state index contributed by atoms with van der Waals surface area (Å²) in [5.74, 6) is 2.21. The zero-order valence-electron chi connectivity index (χ0n) is 11.7. The largest absolute Gasteiger partial charge is 0.493 e. The quantitative estimate of drug-likeness (QED) is 0.875. The lowest BCUT2D eigenvalue weighted by atomic mass is 9.94. The molecule has 1 heterocycles. The molecular weight excluding hydrogens is 226 g/mol. The fourth-order valence-corrected chi connectivity index (χ4v) is 3.06. The molecule has 1 aromatic rings. The number of nitrogens with two attached hydrogens (primary N) is 1. The number of aryl methyl sites for hydroxylation is 1. The first-order valence-corrected chi connectivity index (χ1v) is 7.02. The molecule has 3 unspecified atom stereocenters. The second-order valence-electron chi connectivity index (χ2n) is 5.53. The Hall–Kier alpha value is -1.03. The van der Waals surface area contributed by atoms with Gasteiger partial charge in [0.15, 0.2) is 5.75 Å². The minimum absolute atomic E-state index is 0.0546. The van der Waals surface area contributed by atoms with Gasteiger partial charge in [0.1, 0.15) is 0 Å². The molecule has 18 heavy (non-hydrogen) atoms. The summed E-state index contributed by atoms with van der Waals surface area (Å²) in [5.41, 5.74) is 7.56. The number of nitrogens with zero attached hydrogens (tertiary/aromatic N) is 2. The van der Waals surface area contributed by atoms with Crippen LogP contribution in [-0.2, 0) is 6.54 Å². The van der Waals surface area contributed by atoms with Gasteiger partial charge in [-0.25, -0.2) is 0 Å². The first-order valence-electron chi connectivity index (χ1n) is 7.02. The summed E-state index contributed by atoms with van der Waals surface area (Å²) in [6.45, 7) is 5.38. The van der Waals surface area contributed by atoms with Crippen LogP contribution in [-0.4, -0.2) is 16.9 Å². The lowest BCUT2D eigenvalue weighted by molar-refractivity contribution is 0.365. The summed E-state index contributed by atoms with van der Waals surface area (Å²) in [6, 6.07) is 0.0546. The van der Waals surface area contributed by atoms with Gasteiger partial charge in [0, 0.05) is 6.54 Å². The van der Waals surface area contributed by atoms with Gasteiger partial charge in [0.2, 0.25) is 0 Å². The van der Waals surface area contributed by atoms with Crippen molar-refractivity contribution in [3.63, 3.8) is 0 Å². The van der Waals surface area contributed by atoms with E-state index < -0.39 is 0 Å². The summed E-state index contributed by atoms with van der Waals surface area (Å²) >= 11 is 0. The molecule has 4 heteroatoms. The Bertz CT molecular complexity index is 388. The van der Waals surface area contributed by atoms with Gasteiger partial charge in [-0.3, -0.25) is 4.68 Å². The SMILES string of the molecule is CCCn1ncc(OC)c1C(N)C1CCC(C)C1.